The summed E-state index contributed by atoms with van der Waals surface area (Å²) in [6, 6.07) is 15.7. The Hall–Kier alpha value is -2.66. The predicted molar refractivity (Wildman–Crippen MR) is 129 cm³/mol. The van der Waals surface area contributed by atoms with Gasteiger partial charge in [-0.2, -0.15) is 5.26 Å². The minimum Gasteiger partial charge on any atom is -0.305 e. The van der Waals surface area contributed by atoms with E-state index in [0.717, 1.165) is 60.3 Å². The topological polar surface area (TPSA) is 74.8 Å². The molecule has 0 amide bonds. The van der Waals surface area contributed by atoms with Crippen molar-refractivity contribution < 1.29 is 4.79 Å². The molecule has 0 aliphatic carbocycles. The number of carbonyl (C=O) groups excluding carboxylic acids is 1. The first-order valence-electron chi connectivity index (χ1n) is 10.4. The monoisotopic (exact) mass is 467 g/mol. The Morgan fingerprint density at radius 1 is 1.19 bits per heavy atom. The number of hydrogen-bond acceptors (Lipinski definition) is 6. The van der Waals surface area contributed by atoms with Crippen molar-refractivity contribution in [1.29, 1.82) is 5.26 Å². The number of nitriles is 1. The Bertz CT molecular complexity index is 1150. The smallest absolute Gasteiger partial charge is 0.191 e. The summed E-state index contributed by atoms with van der Waals surface area (Å²) in [6.45, 7) is 4.61. The predicted octanol–water partition coefficient (Wildman–Crippen LogP) is 4.52. The molecule has 166 valence electrons. The van der Waals surface area contributed by atoms with Crippen LogP contribution in [0.5, 0.6) is 0 Å². The zero-order valence-electron chi connectivity index (χ0n) is 18.2. The highest BCUT2D eigenvalue weighted by atomic mass is 35.5. The van der Waals surface area contributed by atoms with Gasteiger partial charge in [-0.25, -0.2) is 0 Å². The zero-order valence-corrected chi connectivity index (χ0v) is 19.9. The number of hydrogen-bond donors (Lipinski definition) is 0. The van der Waals surface area contributed by atoms with E-state index in [1.807, 2.05) is 35.9 Å². The van der Waals surface area contributed by atoms with Gasteiger partial charge in [0, 0.05) is 37.0 Å². The van der Waals surface area contributed by atoms with Gasteiger partial charge in [0.15, 0.2) is 16.8 Å². The zero-order chi connectivity index (χ0) is 21.8. The van der Waals surface area contributed by atoms with Crippen molar-refractivity contribution in [3.63, 3.8) is 0 Å². The Kier molecular flexibility index (Phi) is 8.08. The highest BCUT2D eigenvalue weighted by Crippen LogP contribution is 2.25. The molecule has 2 heterocycles. The summed E-state index contributed by atoms with van der Waals surface area (Å²) in [7, 11) is 1.96. The second kappa shape index (κ2) is 10.8. The SMILES string of the molecule is CC(=O)c1ccc2c(c1)CN(CCCSc1nnc(-c3cccc(C#N)c3)n1C)CC2.Cl. The number of rotatable bonds is 7. The third-order valence-electron chi connectivity index (χ3n) is 5.64. The average molecular weight is 468 g/mol. The molecular weight excluding hydrogens is 442 g/mol. The standard InChI is InChI=1S/C24H25N5OS.ClH/c1-17(30)20-8-7-19-9-11-29(16-22(19)14-20)10-4-12-31-24-27-26-23(28(24)2)21-6-3-5-18(13-21)15-25;/h3,5-8,13-14H,4,9-12,16H2,1-2H3;1H. The fraction of sp³-hybridized carbons (Fsp3) is 0.333. The van der Waals surface area contributed by atoms with Crippen LogP contribution in [-0.4, -0.2) is 44.3 Å². The van der Waals surface area contributed by atoms with Crippen LogP contribution >= 0.6 is 24.2 Å². The van der Waals surface area contributed by atoms with Gasteiger partial charge in [-0.05, 0) is 55.6 Å². The second-order valence-corrected chi connectivity index (χ2v) is 8.89. The molecular formula is C24H26ClN5OS. The number of carbonyl (C=O) groups is 1. The number of fused-ring (bicyclic) bond motifs is 1. The van der Waals surface area contributed by atoms with E-state index < -0.39 is 0 Å². The first kappa shape index (κ1) is 24.0. The van der Waals surface area contributed by atoms with E-state index in [0.29, 0.717) is 5.56 Å². The van der Waals surface area contributed by atoms with E-state index in [9.17, 15) is 4.79 Å². The molecule has 0 spiro atoms. The Morgan fingerprint density at radius 3 is 2.81 bits per heavy atom. The second-order valence-electron chi connectivity index (χ2n) is 7.83. The lowest BCUT2D eigenvalue weighted by Crippen LogP contribution is -2.31. The largest absolute Gasteiger partial charge is 0.305 e. The molecule has 1 aliphatic rings. The minimum absolute atomic E-state index is 0. The summed E-state index contributed by atoms with van der Waals surface area (Å²) in [6.07, 6.45) is 2.09. The average Bonchev–Trinajstić information content (AvgIpc) is 3.16. The van der Waals surface area contributed by atoms with E-state index in [-0.39, 0.29) is 18.2 Å². The lowest BCUT2D eigenvalue weighted by atomic mass is 9.96. The van der Waals surface area contributed by atoms with Crippen LogP contribution in [0.25, 0.3) is 11.4 Å². The number of Topliss-reactive ketones (excluding diaryl/α,β-unsaturated/α-hetero) is 1. The molecule has 2 aromatic carbocycles. The molecule has 0 unspecified atom stereocenters. The third kappa shape index (κ3) is 5.39. The molecule has 0 saturated heterocycles. The van der Waals surface area contributed by atoms with Gasteiger partial charge < -0.3 is 4.57 Å². The molecule has 0 bridgehead atoms. The van der Waals surface area contributed by atoms with Gasteiger partial charge >= 0.3 is 0 Å². The van der Waals surface area contributed by atoms with Crippen LogP contribution in [0.4, 0.5) is 0 Å². The quantitative estimate of drug-likeness (QED) is 0.289. The van der Waals surface area contributed by atoms with Crippen molar-refractivity contribution in [1.82, 2.24) is 19.7 Å². The number of halogens is 1. The molecule has 0 saturated carbocycles. The van der Waals surface area contributed by atoms with Crippen molar-refractivity contribution in [2.45, 2.75) is 31.5 Å². The summed E-state index contributed by atoms with van der Waals surface area (Å²) in [5.74, 6) is 1.85. The number of nitrogens with zero attached hydrogens (tertiary/aromatic N) is 5. The van der Waals surface area contributed by atoms with Crippen molar-refractivity contribution in [3.8, 4) is 17.5 Å². The third-order valence-corrected chi connectivity index (χ3v) is 6.75. The van der Waals surface area contributed by atoms with Crippen LogP contribution < -0.4 is 0 Å². The lowest BCUT2D eigenvalue weighted by molar-refractivity contribution is 0.101. The summed E-state index contributed by atoms with van der Waals surface area (Å²) >= 11 is 1.71. The maximum Gasteiger partial charge on any atom is 0.191 e. The van der Waals surface area contributed by atoms with Crippen molar-refractivity contribution in [2.24, 2.45) is 7.05 Å². The molecule has 3 aromatic rings. The first-order chi connectivity index (χ1) is 15.0. The molecule has 0 N–H and O–H groups in total. The van der Waals surface area contributed by atoms with Crippen LogP contribution in [-0.2, 0) is 20.0 Å². The number of ketones is 1. The van der Waals surface area contributed by atoms with Crippen LogP contribution in [0.3, 0.4) is 0 Å². The minimum atomic E-state index is 0. The fourth-order valence-electron chi connectivity index (χ4n) is 3.90. The molecule has 8 heteroatoms. The van der Waals surface area contributed by atoms with Gasteiger partial charge in [0.1, 0.15) is 0 Å². The Morgan fingerprint density at radius 2 is 2.03 bits per heavy atom. The molecule has 6 nitrogen and oxygen atoms in total. The van der Waals surface area contributed by atoms with E-state index in [2.05, 4.69) is 33.3 Å². The summed E-state index contributed by atoms with van der Waals surface area (Å²) in [4.78, 5) is 14.1. The lowest BCUT2D eigenvalue weighted by Gasteiger charge is -2.29. The highest BCUT2D eigenvalue weighted by Gasteiger charge is 2.17. The molecule has 32 heavy (non-hydrogen) atoms. The van der Waals surface area contributed by atoms with Crippen LogP contribution in [0, 0.1) is 11.3 Å². The van der Waals surface area contributed by atoms with Gasteiger partial charge in [0.25, 0.3) is 0 Å². The van der Waals surface area contributed by atoms with Gasteiger partial charge in [0.05, 0.1) is 11.6 Å². The van der Waals surface area contributed by atoms with Crippen molar-refractivity contribution >= 4 is 30.0 Å². The normalized spacial score (nSPS) is 13.2. The molecule has 0 radical (unpaired) electrons. The first-order valence-corrected chi connectivity index (χ1v) is 11.4. The van der Waals surface area contributed by atoms with Crippen LogP contribution in [0.15, 0.2) is 47.6 Å². The fourth-order valence-corrected chi connectivity index (χ4v) is 4.73. The van der Waals surface area contributed by atoms with E-state index in [1.54, 1.807) is 24.8 Å². The molecule has 0 atom stereocenters. The van der Waals surface area contributed by atoms with Crippen molar-refractivity contribution in [3.05, 3.63) is 64.7 Å². The Balaban J connectivity index is 0.00000289. The van der Waals surface area contributed by atoms with Gasteiger partial charge in [-0.15, -0.1) is 22.6 Å². The summed E-state index contributed by atoms with van der Waals surface area (Å²) < 4.78 is 1.99. The van der Waals surface area contributed by atoms with E-state index in [1.165, 1.54) is 11.1 Å². The number of thioether (sulfide) groups is 1. The van der Waals surface area contributed by atoms with Gasteiger partial charge in [-0.1, -0.05) is 36.0 Å². The van der Waals surface area contributed by atoms with Gasteiger partial charge in [0.2, 0.25) is 0 Å². The Labute approximate surface area is 199 Å². The maximum atomic E-state index is 11.7. The number of benzene rings is 2. The van der Waals surface area contributed by atoms with Crippen LogP contribution in [0.1, 0.15) is 40.4 Å². The van der Waals surface area contributed by atoms with E-state index >= 15 is 0 Å². The number of aromatic nitrogens is 3. The summed E-state index contributed by atoms with van der Waals surface area (Å²) in [5.41, 5.74) is 4.97. The molecule has 1 aliphatic heterocycles. The van der Waals surface area contributed by atoms with Gasteiger partial charge in [-0.3, -0.25) is 9.69 Å². The van der Waals surface area contributed by atoms with Crippen molar-refractivity contribution in [2.75, 3.05) is 18.8 Å². The molecule has 1 aromatic heterocycles. The maximum absolute atomic E-state index is 11.7. The highest BCUT2D eigenvalue weighted by molar-refractivity contribution is 7.99. The molecule has 4 rings (SSSR count). The molecule has 0 fully saturated rings. The van der Waals surface area contributed by atoms with E-state index in [4.69, 9.17) is 5.26 Å². The summed E-state index contributed by atoms with van der Waals surface area (Å²) in [5, 5.41) is 18.6. The van der Waals surface area contributed by atoms with Crippen LogP contribution in [0.2, 0.25) is 0 Å².